The summed E-state index contributed by atoms with van der Waals surface area (Å²) in [5.74, 6) is 0.137. The van der Waals surface area contributed by atoms with E-state index in [1.807, 2.05) is 38.1 Å². The quantitative estimate of drug-likeness (QED) is 0.898. The van der Waals surface area contributed by atoms with Crippen molar-refractivity contribution in [1.82, 2.24) is 5.32 Å². The highest BCUT2D eigenvalue weighted by atomic mass is 35.5. The first-order chi connectivity index (χ1) is 7.78. The number of benzene rings is 1. The number of sulfone groups is 1. The number of hydrogen-bond acceptors (Lipinski definition) is 3. The van der Waals surface area contributed by atoms with Gasteiger partial charge in [-0.2, -0.15) is 0 Å². The van der Waals surface area contributed by atoms with Gasteiger partial charge in [-0.1, -0.05) is 23.7 Å². The van der Waals surface area contributed by atoms with Gasteiger partial charge in [-0.05, 0) is 31.5 Å². The van der Waals surface area contributed by atoms with E-state index in [9.17, 15) is 8.42 Å². The summed E-state index contributed by atoms with van der Waals surface area (Å²) >= 11 is 5.91. The maximum absolute atomic E-state index is 11.2. The van der Waals surface area contributed by atoms with Crippen LogP contribution in [0.5, 0.6) is 0 Å². The Bertz CT molecular complexity index is 473. The van der Waals surface area contributed by atoms with Crippen LogP contribution in [0.4, 0.5) is 0 Å². The molecular formula is C12H18ClNO2S. The molecular weight excluding hydrogens is 258 g/mol. The van der Waals surface area contributed by atoms with Crippen LogP contribution in [0.2, 0.25) is 5.02 Å². The molecule has 0 radical (unpaired) electrons. The lowest BCUT2D eigenvalue weighted by Crippen LogP contribution is -2.34. The van der Waals surface area contributed by atoms with E-state index in [1.165, 1.54) is 6.26 Å². The van der Waals surface area contributed by atoms with Crippen LogP contribution in [-0.2, 0) is 9.84 Å². The Hall–Kier alpha value is -0.580. The van der Waals surface area contributed by atoms with E-state index in [4.69, 9.17) is 11.6 Å². The monoisotopic (exact) mass is 275 g/mol. The molecule has 0 saturated carbocycles. The van der Waals surface area contributed by atoms with Crippen LogP contribution in [0.15, 0.2) is 24.3 Å². The van der Waals surface area contributed by atoms with Crippen molar-refractivity contribution in [3.63, 3.8) is 0 Å². The molecule has 0 spiro atoms. The van der Waals surface area contributed by atoms with E-state index in [-0.39, 0.29) is 17.8 Å². The molecule has 0 heterocycles. The van der Waals surface area contributed by atoms with Crippen LogP contribution >= 0.6 is 11.6 Å². The number of hydrogen-bond donors (Lipinski definition) is 1. The van der Waals surface area contributed by atoms with Gasteiger partial charge in [-0.25, -0.2) is 8.42 Å². The molecule has 1 N–H and O–H groups in total. The third-order valence-electron chi connectivity index (χ3n) is 2.44. The average molecular weight is 276 g/mol. The first-order valence-corrected chi connectivity index (χ1v) is 7.91. The zero-order valence-electron chi connectivity index (χ0n) is 10.3. The van der Waals surface area contributed by atoms with Gasteiger partial charge >= 0.3 is 0 Å². The zero-order valence-corrected chi connectivity index (χ0v) is 11.8. The van der Waals surface area contributed by atoms with Crippen LogP contribution in [0.25, 0.3) is 0 Å². The zero-order chi connectivity index (χ0) is 13.1. The van der Waals surface area contributed by atoms with Crippen molar-refractivity contribution in [2.45, 2.75) is 25.9 Å². The van der Waals surface area contributed by atoms with E-state index >= 15 is 0 Å². The molecule has 1 aromatic carbocycles. The van der Waals surface area contributed by atoms with E-state index in [1.54, 1.807) is 0 Å². The molecule has 0 aliphatic rings. The number of nitrogens with one attached hydrogen (secondary N) is 1. The SMILES string of the molecule is CC(CS(C)(=O)=O)NC(C)c1cccc(Cl)c1. The largest absolute Gasteiger partial charge is 0.307 e. The first-order valence-electron chi connectivity index (χ1n) is 5.47. The van der Waals surface area contributed by atoms with Gasteiger partial charge in [0.1, 0.15) is 9.84 Å². The molecule has 0 aliphatic carbocycles. The molecule has 17 heavy (non-hydrogen) atoms. The molecule has 1 aromatic rings. The molecule has 1 rings (SSSR count). The van der Waals surface area contributed by atoms with Gasteiger partial charge in [0.25, 0.3) is 0 Å². The summed E-state index contributed by atoms with van der Waals surface area (Å²) in [7, 11) is -2.95. The average Bonchev–Trinajstić information content (AvgIpc) is 2.14. The fourth-order valence-corrected chi connectivity index (χ4v) is 3.00. The van der Waals surface area contributed by atoms with Gasteiger partial charge < -0.3 is 5.32 Å². The van der Waals surface area contributed by atoms with Crippen molar-refractivity contribution < 1.29 is 8.42 Å². The van der Waals surface area contributed by atoms with Crippen molar-refractivity contribution in [2.24, 2.45) is 0 Å². The number of rotatable bonds is 5. The predicted octanol–water partition coefficient (Wildman–Crippen LogP) is 2.42. The van der Waals surface area contributed by atoms with Gasteiger partial charge in [-0.15, -0.1) is 0 Å². The Morgan fingerprint density at radius 2 is 2.00 bits per heavy atom. The topological polar surface area (TPSA) is 46.2 Å². The summed E-state index contributed by atoms with van der Waals surface area (Å²) in [5.41, 5.74) is 1.05. The second-order valence-corrected chi connectivity index (χ2v) is 7.06. The van der Waals surface area contributed by atoms with Crippen LogP contribution in [0.3, 0.4) is 0 Å². The molecule has 0 amide bonds. The summed E-state index contributed by atoms with van der Waals surface area (Å²) in [4.78, 5) is 0. The van der Waals surface area contributed by atoms with Crippen LogP contribution < -0.4 is 5.32 Å². The van der Waals surface area contributed by atoms with Crippen molar-refractivity contribution in [3.8, 4) is 0 Å². The molecule has 0 fully saturated rings. The maximum atomic E-state index is 11.2. The third-order valence-corrected chi connectivity index (χ3v) is 3.78. The molecule has 0 bridgehead atoms. The van der Waals surface area contributed by atoms with Crippen molar-refractivity contribution >= 4 is 21.4 Å². The predicted molar refractivity (Wildman–Crippen MR) is 72.2 cm³/mol. The van der Waals surface area contributed by atoms with Crippen molar-refractivity contribution in [2.75, 3.05) is 12.0 Å². The number of halogens is 1. The van der Waals surface area contributed by atoms with Gasteiger partial charge in [-0.3, -0.25) is 0 Å². The van der Waals surface area contributed by atoms with Gasteiger partial charge in [0.15, 0.2) is 0 Å². The lowest BCUT2D eigenvalue weighted by molar-refractivity contribution is 0.501. The Labute approximate surface area is 108 Å². The summed E-state index contributed by atoms with van der Waals surface area (Å²) < 4.78 is 22.3. The lowest BCUT2D eigenvalue weighted by atomic mass is 10.1. The summed E-state index contributed by atoms with van der Waals surface area (Å²) in [6.07, 6.45) is 1.25. The van der Waals surface area contributed by atoms with E-state index < -0.39 is 9.84 Å². The van der Waals surface area contributed by atoms with Crippen LogP contribution in [0.1, 0.15) is 25.5 Å². The minimum absolute atomic E-state index is 0.0745. The Morgan fingerprint density at radius 3 is 2.53 bits per heavy atom. The standard InChI is InChI=1S/C12H18ClNO2S/c1-9(8-17(3,15)16)14-10(2)11-5-4-6-12(13)7-11/h4-7,9-10,14H,8H2,1-3H3. The minimum Gasteiger partial charge on any atom is -0.307 e. The summed E-state index contributed by atoms with van der Waals surface area (Å²) in [5, 5.41) is 3.93. The molecule has 3 nitrogen and oxygen atoms in total. The molecule has 2 unspecified atom stereocenters. The Kier molecular flexibility index (Phi) is 4.98. The summed E-state index contributed by atoms with van der Waals surface area (Å²) in [6.45, 7) is 3.85. The van der Waals surface area contributed by atoms with E-state index in [2.05, 4.69) is 5.32 Å². The normalized spacial score (nSPS) is 15.5. The second kappa shape index (κ2) is 5.85. The second-order valence-electron chi connectivity index (χ2n) is 4.44. The maximum Gasteiger partial charge on any atom is 0.148 e. The van der Waals surface area contributed by atoms with Gasteiger partial charge in [0, 0.05) is 23.4 Å². The molecule has 0 aromatic heterocycles. The van der Waals surface area contributed by atoms with E-state index in [0.29, 0.717) is 5.02 Å². The fourth-order valence-electron chi connectivity index (χ4n) is 1.80. The third kappa shape index (κ3) is 5.52. The van der Waals surface area contributed by atoms with Gasteiger partial charge in [0.05, 0.1) is 5.75 Å². The molecule has 96 valence electrons. The van der Waals surface area contributed by atoms with Crippen molar-refractivity contribution in [1.29, 1.82) is 0 Å². The van der Waals surface area contributed by atoms with Crippen LogP contribution in [0, 0.1) is 0 Å². The molecule has 0 saturated heterocycles. The molecule has 2 atom stereocenters. The van der Waals surface area contributed by atoms with E-state index in [0.717, 1.165) is 5.56 Å². The molecule has 0 aliphatic heterocycles. The molecule has 5 heteroatoms. The highest BCUT2D eigenvalue weighted by Gasteiger charge is 2.14. The fraction of sp³-hybridized carbons (Fsp3) is 0.500. The first kappa shape index (κ1) is 14.5. The van der Waals surface area contributed by atoms with Crippen LogP contribution in [-0.4, -0.2) is 26.5 Å². The highest BCUT2D eigenvalue weighted by Crippen LogP contribution is 2.17. The smallest absolute Gasteiger partial charge is 0.148 e. The Morgan fingerprint density at radius 1 is 1.35 bits per heavy atom. The highest BCUT2D eigenvalue weighted by molar-refractivity contribution is 7.90. The summed E-state index contributed by atoms with van der Waals surface area (Å²) in [6, 6.07) is 7.54. The van der Waals surface area contributed by atoms with Gasteiger partial charge in [0.2, 0.25) is 0 Å². The Balaban J connectivity index is 2.63. The lowest BCUT2D eigenvalue weighted by Gasteiger charge is -2.19. The van der Waals surface area contributed by atoms with Crippen molar-refractivity contribution in [3.05, 3.63) is 34.9 Å². The minimum atomic E-state index is -2.95.